The quantitative estimate of drug-likeness (QED) is 0.544. The molecule has 184 valence electrons. The number of benzene rings is 2. The van der Waals surface area contributed by atoms with E-state index in [-0.39, 0.29) is 18.1 Å². The van der Waals surface area contributed by atoms with E-state index in [1.165, 1.54) is 5.69 Å². The first-order valence-electron chi connectivity index (χ1n) is 12.6. The summed E-state index contributed by atoms with van der Waals surface area (Å²) in [4.78, 5) is 17.6. The summed E-state index contributed by atoms with van der Waals surface area (Å²) in [6.07, 6.45) is 1.84. The predicted molar refractivity (Wildman–Crippen MR) is 141 cm³/mol. The van der Waals surface area contributed by atoms with Crippen LogP contribution in [0.4, 0.5) is 11.4 Å². The van der Waals surface area contributed by atoms with Gasteiger partial charge in [-0.3, -0.25) is 4.79 Å². The molecule has 2 aromatic carbocycles. The fraction of sp³-hybridized carbons (Fsp3) is 0.444. The van der Waals surface area contributed by atoms with Crippen molar-refractivity contribution in [3.8, 4) is 5.75 Å². The topological polar surface area (TPSA) is 75.8 Å². The van der Waals surface area contributed by atoms with Crippen LogP contribution < -0.4 is 20.7 Å². The summed E-state index contributed by atoms with van der Waals surface area (Å²) < 4.78 is 8.42. The predicted octanol–water partition coefficient (Wildman–Crippen LogP) is 4.84. The van der Waals surface area contributed by atoms with Crippen molar-refractivity contribution in [2.45, 2.75) is 45.4 Å². The van der Waals surface area contributed by atoms with E-state index in [1.54, 1.807) is 0 Å². The Bertz CT molecular complexity index is 1300. The van der Waals surface area contributed by atoms with Crippen molar-refractivity contribution in [3.63, 3.8) is 0 Å². The number of likely N-dealkylation sites (tertiary alicyclic amines) is 1. The molecular formula is C27H32ClN5O2. The van der Waals surface area contributed by atoms with Crippen LogP contribution in [0.1, 0.15) is 48.9 Å². The molecule has 7 nitrogen and oxygen atoms in total. The first-order chi connectivity index (χ1) is 16.9. The summed E-state index contributed by atoms with van der Waals surface area (Å²) >= 11 is 6.68. The number of rotatable bonds is 4. The first-order valence-corrected chi connectivity index (χ1v) is 12.9. The largest absolute Gasteiger partial charge is 0.489 e. The third kappa shape index (κ3) is 3.81. The van der Waals surface area contributed by atoms with Crippen molar-refractivity contribution >= 4 is 39.8 Å². The number of para-hydroxylation sites is 1. The van der Waals surface area contributed by atoms with E-state index in [2.05, 4.69) is 40.8 Å². The van der Waals surface area contributed by atoms with E-state index >= 15 is 0 Å². The van der Waals surface area contributed by atoms with Gasteiger partial charge in [0, 0.05) is 36.6 Å². The van der Waals surface area contributed by atoms with Crippen LogP contribution in [-0.4, -0.2) is 47.7 Å². The van der Waals surface area contributed by atoms with Gasteiger partial charge in [0.2, 0.25) is 0 Å². The molecule has 0 aliphatic carbocycles. The molecule has 0 saturated carbocycles. The highest BCUT2D eigenvalue weighted by atomic mass is 35.5. The Morgan fingerprint density at radius 3 is 2.91 bits per heavy atom. The van der Waals surface area contributed by atoms with Crippen LogP contribution in [0.15, 0.2) is 36.4 Å². The number of hydrogen-bond donors (Lipinski definition) is 2. The van der Waals surface area contributed by atoms with Crippen LogP contribution in [0, 0.1) is 5.92 Å². The lowest BCUT2D eigenvalue weighted by Crippen LogP contribution is -2.45. The van der Waals surface area contributed by atoms with Crippen molar-refractivity contribution in [3.05, 3.63) is 52.7 Å². The number of hydrogen-bond acceptors (Lipinski definition) is 5. The lowest BCUT2D eigenvalue weighted by atomic mass is 10.0. The van der Waals surface area contributed by atoms with Gasteiger partial charge in [-0.2, -0.15) is 0 Å². The van der Waals surface area contributed by atoms with E-state index in [9.17, 15) is 4.79 Å². The zero-order valence-electron chi connectivity index (χ0n) is 20.3. The number of carbonyl (C=O) groups excluding carboxylic acids is 1. The Hall–Kier alpha value is -2.90. The van der Waals surface area contributed by atoms with Gasteiger partial charge < -0.3 is 30.2 Å². The summed E-state index contributed by atoms with van der Waals surface area (Å²) in [5, 5.41) is 5.62. The Balaban J connectivity index is 1.40. The third-order valence-electron chi connectivity index (χ3n) is 7.28. The molecule has 1 unspecified atom stereocenters. The van der Waals surface area contributed by atoms with E-state index in [4.69, 9.17) is 22.1 Å². The van der Waals surface area contributed by atoms with Crippen molar-refractivity contribution in [1.29, 1.82) is 0 Å². The number of nitrogens with zero attached hydrogens (tertiary/aromatic N) is 3. The highest BCUT2D eigenvalue weighted by molar-refractivity contribution is 6.35. The number of nitrogens with one attached hydrogen (secondary N) is 1. The third-order valence-corrected chi connectivity index (χ3v) is 7.58. The zero-order chi connectivity index (χ0) is 24.3. The Morgan fingerprint density at radius 1 is 1.26 bits per heavy atom. The molecule has 3 aliphatic heterocycles. The molecule has 1 saturated heterocycles. The summed E-state index contributed by atoms with van der Waals surface area (Å²) in [7, 11) is 0. The Morgan fingerprint density at radius 2 is 2.11 bits per heavy atom. The molecule has 4 heterocycles. The van der Waals surface area contributed by atoms with Gasteiger partial charge in [-0.05, 0) is 43.0 Å². The number of aromatic nitrogens is 1. The smallest absolute Gasteiger partial charge is 0.254 e. The normalized spacial score (nSPS) is 21.3. The maximum absolute atomic E-state index is 13.3. The maximum atomic E-state index is 13.3. The fourth-order valence-electron chi connectivity index (χ4n) is 5.80. The van der Waals surface area contributed by atoms with E-state index in [0.29, 0.717) is 24.6 Å². The molecule has 1 fully saturated rings. The average Bonchev–Trinajstić information content (AvgIpc) is 3.38. The molecule has 0 spiro atoms. The van der Waals surface area contributed by atoms with Crippen LogP contribution >= 0.6 is 11.6 Å². The highest BCUT2D eigenvalue weighted by Crippen LogP contribution is 2.50. The standard InChI is InChI=1S/C27H32ClN5O2/c1-16(2)14-33-22(12-17-5-3-7-20(28)24(17)33)26-30-21-11-18(13-23-25(21)32(26)9-10-35-23)27(34)31-8-4-6-19(29)15-31/h3,5,7,11-13,16,19,26,30H,4,6,8-10,14-15,29H2,1-2H3/t19?,26-/m1/s1. The van der Waals surface area contributed by atoms with E-state index < -0.39 is 0 Å². The second kappa shape index (κ2) is 8.64. The monoisotopic (exact) mass is 493 g/mol. The SMILES string of the molecule is CC(C)Cn1c([C@@H]2Nc3cc(C(=O)N4CCCC(N)C4)cc4c3N2CCO4)cc2cccc(Cl)c21. The Labute approximate surface area is 210 Å². The number of fused-ring (bicyclic) bond motifs is 1. The van der Waals surface area contributed by atoms with Crippen molar-refractivity contribution in [2.75, 3.05) is 36.5 Å². The number of carbonyl (C=O) groups is 1. The lowest BCUT2D eigenvalue weighted by molar-refractivity contribution is 0.0708. The molecule has 3 aliphatic rings. The minimum absolute atomic E-state index is 0.0193. The van der Waals surface area contributed by atoms with Crippen LogP contribution in [0.25, 0.3) is 10.9 Å². The first kappa shape index (κ1) is 22.6. The molecule has 3 aromatic rings. The van der Waals surface area contributed by atoms with Crippen molar-refractivity contribution in [1.82, 2.24) is 9.47 Å². The van der Waals surface area contributed by atoms with Crippen LogP contribution in [0.2, 0.25) is 5.02 Å². The number of piperidine rings is 1. The van der Waals surface area contributed by atoms with Gasteiger partial charge in [0.15, 0.2) is 0 Å². The van der Waals surface area contributed by atoms with Gasteiger partial charge in [-0.25, -0.2) is 0 Å². The molecular weight excluding hydrogens is 462 g/mol. The van der Waals surface area contributed by atoms with Gasteiger partial charge in [-0.15, -0.1) is 0 Å². The van der Waals surface area contributed by atoms with Crippen LogP contribution in [0.5, 0.6) is 5.75 Å². The maximum Gasteiger partial charge on any atom is 0.254 e. The molecule has 35 heavy (non-hydrogen) atoms. The molecule has 1 amide bonds. The highest BCUT2D eigenvalue weighted by Gasteiger charge is 2.38. The number of amides is 1. The molecule has 3 N–H and O–H groups in total. The number of ether oxygens (including phenoxy) is 1. The summed E-state index contributed by atoms with van der Waals surface area (Å²) in [5.74, 6) is 1.24. The van der Waals surface area contributed by atoms with Gasteiger partial charge in [0.25, 0.3) is 5.91 Å². The summed E-state index contributed by atoms with van der Waals surface area (Å²) in [6, 6.07) is 12.2. The molecule has 6 rings (SSSR count). The number of halogens is 1. The molecule has 0 bridgehead atoms. The molecule has 0 radical (unpaired) electrons. The summed E-state index contributed by atoms with van der Waals surface area (Å²) in [5.41, 5.74) is 11.0. The van der Waals surface area contributed by atoms with Crippen molar-refractivity contribution in [2.24, 2.45) is 11.7 Å². The lowest BCUT2D eigenvalue weighted by Gasteiger charge is -2.33. The number of anilines is 2. The van der Waals surface area contributed by atoms with Crippen LogP contribution in [0.3, 0.4) is 0 Å². The zero-order valence-corrected chi connectivity index (χ0v) is 21.0. The minimum Gasteiger partial charge on any atom is -0.489 e. The molecule has 2 atom stereocenters. The van der Waals surface area contributed by atoms with Gasteiger partial charge in [0.05, 0.1) is 28.5 Å². The number of nitrogens with two attached hydrogens (primary N) is 1. The van der Waals surface area contributed by atoms with Gasteiger partial charge in [-0.1, -0.05) is 37.6 Å². The van der Waals surface area contributed by atoms with Crippen LogP contribution in [-0.2, 0) is 6.54 Å². The fourth-order valence-corrected chi connectivity index (χ4v) is 6.08. The second-order valence-corrected chi connectivity index (χ2v) is 10.8. The van der Waals surface area contributed by atoms with E-state index in [0.717, 1.165) is 65.5 Å². The molecule has 1 aromatic heterocycles. The average molecular weight is 494 g/mol. The van der Waals surface area contributed by atoms with E-state index in [1.807, 2.05) is 29.2 Å². The van der Waals surface area contributed by atoms with Gasteiger partial charge in [0.1, 0.15) is 24.2 Å². The van der Waals surface area contributed by atoms with Gasteiger partial charge >= 0.3 is 0 Å². The minimum atomic E-state index is -0.0661. The Kier molecular flexibility index (Phi) is 5.57. The summed E-state index contributed by atoms with van der Waals surface area (Å²) in [6.45, 7) is 8.00. The van der Waals surface area contributed by atoms with Crippen molar-refractivity contribution < 1.29 is 9.53 Å². The molecule has 8 heteroatoms. The second-order valence-electron chi connectivity index (χ2n) is 10.4.